The third kappa shape index (κ3) is 2.61. The second-order valence-corrected chi connectivity index (χ2v) is 3.51. The molecule has 1 heterocycles. The molecule has 0 N–H and O–H groups in total. The highest BCUT2D eigenvalue weighted by molar-refractivity contribution is 5.52. The van der Waals surface area contributed by atoms with Crippen molar-refractivity contribution >= 4 is 6.08 Å². The number of hydroxylamine groups is 2. The molecule has 82 valence electrons. The van der Waals surface area contributed by atoms with Gasteiger partial charge in [-0.25, -0.2) is 0 Å². The predicted molar refractivity (Wildman–Crippen MR) is 66.4 cm³/mol. The van der Waals surface area contributed by atoms with E-state index in [1.807, 2.05) is 35.4 Å². The Hall–Kier alpha value is -1.80. The second kappa shape index (κ2) is 5.33. The zero-order chi connectivity index (χ0) is 11.2. The lowest BCUT2D eigenvalue weighted by Crippen LogP contribution is -2.22. The predicted octanol–water partition coefficient (Wildman–Crippen LogP) is 3.02. The summed E-state index contributed by atoms with van der Waals surface area (Å²) in [5.74, 6) is 0. The van der Waals surface area contributed by atoms with Crippen LogP contribution in [0.15, 0.2) is 60.3 Å². The zero-order valence-corrected chi connectivity index (χ0v) is 9.34. The van der Waals surface area contributed by atoms with Gasteiger partial charge in [0, 0.05) is 0 Å². The minimum absolute atomic E-state index is 0.793. The Kier molecular flexibility index (Phi) is 3.57. The summed E-state index contributed by atoms with van der Waals surface area (Å²) in [5.41, 5.74) is 2.25. The van der Waals surface area contributed by atoms with Crippen molar-refractivity contribution in [2.45, 2.75) is 0 Å². The summed E-state index contributed by atoms with van der Waals surface area (Å²) in [7, 11) is 1.68. The van der Waals surface area contributed by atoms with Gasteiger partial charge < -0.3 is 0 Å². The van der Waals surface area contributed by atoms with E-state index in [0.29, 0.717) is 0 Å². The fourth-order valence-electron chi connectivity index (χ4n) is 1.58. The van der Waals surface area contributed by atoms with Crippen LogP contribution >= 0.6 is 0 Å². The number of hydrogen-bond acceptors (Lipinski definition) is 2. The molecular formula is C14H15NO. The molecule has 1 aliphatic rings. The molecular weight excluding hydrogens is 198 g/mol. The molecule has 0 aliphatic carbocycles. The van der Waals surface area contributed by atoms with E-state index in [-0.39, 0.29) is 0 Å². The first-order valence-electron chi connectivity index (χ1n) is 5.32. The van der Waals surface area contributed by atoms with Crippen LogP contribution in [0.1, 0.15) is 5.56 Å². The molecule has 0 spiro atoms. The largest absolute Gasteiger partial charge is 0.276 e. The van der Waals surface area contributed by atoms with Gasteiger partial charge in [0.05, 0.1) is 19.4 Å². The molecule has 0 bridgehead atoms. The van der Waals surface area contributed by atoms with E-state index in [0.717, 1.165) is 12.2 Å². The van der Waals surface area contributed by atoms with Crippen LogP contribution in [0, 0.1) is 0 Å². The van der Waals surface area contributed by atoms with E-state index in [4.69, 9.17) is 4.84 Å². The van der Waals surface area contributed by atoms with Crippen LogP contribution in [-0.4, -0.2) is 18.7 Å². The molecule has 0 aromatic heterocycles. The van der Waals surface area contributed by atoms with Crippen molar-refractivity contribution in [1.29, 1.82) is 0 Å². The molecule has 0 radical (unpaired) electrons. The van der Waals surface area contributed by atoms with Gasteiger partial charge in [-0.2, -0.15) is 0 Å². The van der Waals surface area contributed by atoms with Crippen LogP contribution < -0.4 is 0 Å². The third-order valence-electron chi connectivity index (χ3n) is 2.43. The standard InChI is InChI=1S/C14H15NO/c1-16-15-12-6-5-9-14(15)11-10-13-7-3-2-4-8-13/h2-11H,12H2,1H3. The topological polar surface area (TPSA) is 12.5 Å². The molecule has 0 amide bonds. The molecule has 2 nitrogen and oxygen atoms in total. The molecule has 2 rings (SSSR count). The van der Waals surface area contributed by atoms with Gasteiger partial charge in [-0.1, -0.05) is 48.6 Å². The lowest BCUT2D eigenvalue weighted by Gasteiger charge is -2.23. The summed E-state index contributed by atoms with van der Waals surface area (Å²) in [6.07, 6.45) is 10.3. The Balaban J connectivity index is 2.11. The van der Waals surface area contributed by atoms with E-state index in [1.165, 1.54) is 5.56 Å². The Morgan fingerprint density at radius 3 is 2.75 bits per heavy atom. The van der Waals surface area contributed by atoms with Crippen molar-refractivity contribution in [2.75, 3.05) is 13.7 Å². The normalized spacial score (nSPS) is 15.6. The van der Waals surface area contributed by atoms with Crippen molar-refractivity contribution in [3.05, 3.63) is 65.9 Å². The highest BCUT2D eigenvalue weighted by Crippen LogP contribution is 2.13. The quantitative estimate of drug-likeness (QED) is 0.765. The van der Waals surface area contributed by atoms with Crippen LogP contribution in [-0.2, 0) is 4.84 Å². The second-order valence-electron chi connectivity index (χ2n) is 3.51. The molecule has 0 unspecified atom stereocenters. The summed E-state index contributed by atoms with van der Waals surface area (Å²) < 4.78 is 0. The molecule has 1 aromatic carbocycles. The molecule has 16 heavy (non-hydrogen) atoms. The van der Waals surface area contributed by atoms with E-state index in [1.54, 1.807) is 7.11 Å². The van der Waals surface area contributed by atoms with Gasteiger partial charge in [-0.05, 0) is 17.7 Å². The Labute approximate surface area is 96.1 Å². The van der Waals surface area contributed by atoms with Gasteiger partial charge in [0.25, 0.3) is 0 Å². The van der Waals surface area contributed by atoms with Crippen LogP contribution in [0.25, 0.3) is 6.08 Å². The smallest absolute Gasteiger partial charge is 0.0640 e. The van der Waals surface area contributed by atoms with E-state index >= 15 is 0 Å². The zero-order valence-electron chi connectivity index (χ0n) is 9.34. The number of allylic oxidation sites excluding steroid dienone is 3. The molecule has 1 aromatic rings. The van der Waals surface area contributed by atoms with Crippen molar-refractivity contribution in [2.24, 2.45) is 0 Å². The van der Waals surface area contributed by atoms with Gasteiger partial charge in [0.1, 0.15) is 0 Å². The van der Waals surface area contributed by atoms with Gasteiger partial charge in [-0.3, -0.25) is 9.90 Å². The van der Waals surface area contributed by atoms with Crippen molar-refractivity contribution in [1.82, 2.24) is 5.06 Å². The van der Waals surface area contributed by atoms with Crippen LogP contribution in [0.5, 0.6) is 0 Å². The van der Waals surface area contributed by atoms with Crippen LogP contribution in [0.2, 0.25) is 0 Å². The van der Waals surface area contributed by atoms with Crippen LogP contribution in [0.3, 0.4) is 0 Å². The molecule has 2 heteroatoms. The third-order valence-corrected chi connectivity index (χ3v) is 2.43. The maximum absolute atomic E-state index is 5.25. The minimum atomic E-state index is 0.793. The summed E-state index contributed by atoms with van der Waals surface area (Å²) in [4.78, 5) is 5.25. The SMILES string of the molecule is CON1CC=CC=C1C=Cc1ccccc1. The monoisotopic (exact) mass is 213 g/mol. The first-order valence-corrected chi connectivity index (χ1v) is 5.32. The summed E-state index contributed by atoms with van der Waals surface area (Å²) in [6.45, 7) is 0.793. The summed E-state index contributed by atoms with van der Waals surface area (Å²) in [6, 6.07) is 10.2. The Bertz CT molecular complexity index is 418. The maximum Gasteiger partial charge on any atom is 0.0640 e. The van der Waals surface area contributed by atoms with Crippen molar-refractivity contribution < 1.29 is 4.84 Å². The van der Waals surface area contributed by atoms with Gasteiger partial charge in [0.15, 0.2) is 0 Å². The maximum atomic E-state index is 5.25. The van der Waals surface area contributed by atoms with Crippen LogP contribution in [0.4, 0.5) is 0 Å². The van der Waals surface area contributed by atoms with Gasteiger partial charge in [-0.15, -0.1) is 0 Å². The minimum Gasteiger partial charge on any atom is -0.276 e. The Morgan fingerprint density at radius 1 is 1.19 bits per heavy atom. The summed E-state index contributed by atoms with van der Waals surface area (Å²) in [5, 5.41) is 1.85. The summed E-state index contributed by atoms with van der Waals surface area (Å²) >= 11 is 0. The Morgan fingerprint density at radius 2 is 2.00 bits per heavy atom. The van der Waals surface area contributed by atoms with Gasteiger partial charge in [0.2, 0.25) is 0 Å². The highest BCUT2D eigenvalue weighted by atomic mass is 16.7. The molecule has 0 fully saturated rings. The average molecular weight is 213 g/mol. The van der Waals surface area contributed by atoms with Gasteiger partial charge >= 0.3 is 0 Å². The van der Waals surface area contributed by atoms with E-state index in [2.05, 4.69) is 30.4 Å². The fourth-order valence-corrected chi connectivity index (χ4v) is 1.58. The first-order chi connectivity index (χ1) is 7.90. The number of hydrogen-bond donors (Lipinski definition) is 0. The number of rotatable bonds is 3. The molecule has 0 saturated heterocycles. The van der Waals surface area contributed by atoms with Crippen molar-refractivity contribution in [3.8, 4) is 0 Å². The number of nitrogens with zero attached hydrogens (tertiary/aromatic N) is 1. The van der Waals surface area contributed by atoms with E-state index in [9.17, 15) is 0 Å². The first kappa shape index (κ1) is 10.7. The van der Waals surface area contributed by atoms with Crippen molar-refractivity contribution in [3.63, 3.8) is 0 Å². The highest BCUT2D eigenvalue weighted by Gasteiger charge is 2.05. The molecule has 1 aliphatic heterocycles. The average Bonchev–Trinajstić information content (AvgIpc) is 2.38. The molecule has 0 atom stereocenters. The fraction of sp³-hybridized carbons (Fsp3) is 0.143. The van der Waals surface area contributed by atoms with E-state index < -0.39 is 0 Å². The number of benzene rings is 1. The molecule has 0 saturated carbocycles. The lowest BCUT2D eigenvalue weighted by molar-refractivity contribution is -0.0880. The lowest BCUT2D eigenvalue weighted by atomic mass is 10.2.